The third kappa shape index (κ3) is 4.99. The predicted molar refractivity (Wildman–Crippen MR) is 84.6 cm³/mol. The fraction of sp³-hybridized carbons (Fsp3) is 0.933. The summed E-state index contributed by atoms with van der Waals surface area (Å²) in [6, 6.07) is 0. The van der Waals surface area contributed by atoms with Crippen molar-refractivity contribution in [2.45, 2.75) is 46.0 Å². The van der Waals surface area contributed by atoms with Gasteiger partial charge in [-0.15, -0.1) is 0 Å². The maximum absolute atomic E-state index is 12.4. The molecule has 2 N–H and O–H groups in total. The molecule has 1 aliphatic rings. The number of amides is 1. The number of hydrogen-bond donors (Lipinski definition) is 2. The molecule has 0 aromatic heterocycles. The standard InChI is InChI=1S/C15H30N2OS/c1-13(2)15(8-10-16-12-15)14(18)17-9-6-4-5-7-11-19-3/h13,16H,4-12H2,1-3H3,(H,17,18). The highest BCUT2D eigenvalue weighted by Gasteiger charge is 2.43. The smallest absolute Gasteiger partial charge is 0.227 e. The minimum absolute atomic E-state index is 0.168. The van der Waals surface area contributed by atoms with E-state index in [0.29, 0.717) is 5.92 Å². The highest BCUT2D eigenvalue weighted by Crippen LogP contribution is 2.34. The number of hydrogen-bond acceptors (Lipinski definition) is 3. The molecule has 1 unspecified atom stereocenters. The van der Waals surface area contributed by atoms with Crippen LogP contribution in [0.2, 0.25) is 0 Å². The first-order valence-corrected chi connectivity index (χ1v) is 9.01. The van der Waals surface area contributed by atoms with Gasteiger partial charge in [0.25, 0.3) is 0 Å². The molecule has 0 spiro atoms. The summed E-state index contributed by atoms with van der Waals surface area (Å²) in [7, 11) is 0. The van der Waals surface area contributed by atoms with E-state index in [1.54, 1.807) is 0 Å². The van der Waals surface area contributed by atoms with E-state index in [2.05, 4.69) is 30.7 Å². The molecule has 0 radical (unpaired) electrons. The molecular weight excluding hydrogens is 256 g/mol. The molecule has 0 aromatic carbocycles. The van der Waals surface area contributed by atoms with Gasteiger partial charge in [0, 0.05) is 13.1 Å². The van der Waals surface area contributed by atoms with Crippen molar-refractivity contribution in [1.82, 2.24) is 10.6 Å². The Morgan fingerprint density at radius 2 is 2.05 bits per heavy atom. The van der Waals surface area contributed by atoms with Gasteiger partial charge in [0.2, 0.25) is 5.91 Å². The summed E-state index contributed by atoms with van der Waals surface area (Å²) in [6.07, 6.45) is 8.06. The molecule has 1 amide bonds. The van der Waals surface area contributed by atoms with Crippen molar-refractivity contribution in [1.29, 1.82) is 0 Å². The van der Waals surface area contributed by atoms with Gasteiger partial charge >= 0.3 is 0 Å². The van der Waals surface area contributed by atoms with Gasteiger partial charge in [-0.2, -0.15) is 11.8 Å². The van der Waals surface area contributed by atoms with Gasteiger partial charge in [-0.25, -0.2) is 0 Å². The third-order valence-electron chi connectivity index (χ3n) is 4.31. The lowest BCUT2D eigenvalue weighted by molar-refractivity contribution is -0.132. The molecule has 3 nitrogen and oxygen atoms in total. The SMILES string of the molecule is CSCCCCCCNC(=O)C1(C(C)C)CCNC1. The minimum Gasteiger partial charge on any atom is -0.356 e. The highest BCUT2D eigenvalue weighted by molar-refractivity contribution is 7.98. The molecule has 1 saturated heterocycles. The predicted octanol–water partition coefficient (Wildman–Crippen LogP) is 2.66. The van der Waals surface area contributed by atoms with Gasteiger partial charge in [-0.05, 0) is 43.7 Å². The number of thioether (sulfide) groups is 1. The maximum atomic E-state index is 12.4. The van der Waals surface area contributed by atoms with Gasteiger partial charge in [-0.1, -0.05) is 26.7 Å². The topological polar surface area (TPSA) is 41.1 Å². The van der Waals surface area contributed by atoms with E-state index in [1.807, 2.05) is 11.8 Å². The Hall–Kier alpha value is -0.220. The molecule has 0 bridgehead atoms. The molecular formula is C15H30N2OS. The first kappa shape index (κ1) is 16.8. The van der Waals surface area contributed by atoms with E-state index in [-0.39, 0.29) is 11.3 Å². The molecule has 0 aliphatic carbocycles. The number of rotatable bonds is 9. The van der Waals surface area contributed by atoms with E-state index in [0.717, 1.165) is 32.5 Å². The van der Waals surface area contributed by atoms with Gasteiger partial charge in [0.15, 0.2) is 0 Å². The molecule has 112 valence electrons. The van der Waals surface area contributed by atoms with Crippen LogP contribution < -0.4 is 10.6 Å². The number of carbonyl (C=O) groups excluding carboxylic acids is 1. The molecule has 4 heteroatoms. The van der Waals surface area contributed by atoms with Crippen LogP contribution in [-0.2, 0) is 4.79 Å². The Morgan fingerprint density at radius 1 is 1.32 bits per heavy atom. The molecule has 19 heavy (non-hydrogen) atoms. The number of unbranched alkanes of at least 4 members (excludes halogenated alkanes) is 3. The van der Waals surface area contributed by atoms with E-state index in [1.165, 1.54) is 25.0 Å². The van der Waals surface area contributed by atoms with Crippen LogP contribution in [0.1, 0.15) is 46.0 Å². The Bertz CT molecular complexity index is 263. The van der Waals surface area contributed by atoms with Gasteiger partial charge in [0.1, 0.15) is 0 Å². The minimum atomic E-state index is -0.168. The lowest BCUT2D eigenvalue weighted by atomic mass is 9.75. The molecule has 0 saturated carbocycles. The Balaban J connectivity index is 2.19. The molecule has 0 aromatic rings. The number of carbonyl (C=O) groups is 1. The fourth-order valence-electron chi connectivity index (χ4n) is 2.76. The van der Waals surface area contributed by atoms with Crippen LogP contribution >= 0.6 is 11.8 Å². The maximum Gasteiger partial charge on any atom is 0.227 e. The van der Waals surface area contributed by atoms with E-state index in [9.17, 15) is 4.79 Å². The Morgan fingerprint density at radius 3 is 2.63 bits per heavy atom. The van der Waals surface area contributed by atoms with Crippen molar-refractivity contribution >= 4 is 17.7 Å². The Labute approximate surface area is 122 Å². The lowest BCUT2D eigenvalue weighted by Gasteiger charge is -2.31. The zero-order chi connectivity index (χ0) is 14.1. The van der Waals surface area contributed by atoms with Gasteiger partial charge in [-0.3, -0.25) is 4.79 Å². The lowest BCUT2D eigenvalue weighted by Crippen LogP contribution is -2.46. The van der Waals surface area contributed by atoms with Crippen LogP contribution in [0.25, 0.3) is 0 Å². The first-order valence-electron chi connectivity index (χ1n) is 7.61. The monoisotopic (exact) mass is 286 g/mol. The largest absolute Gasteiger partial charge is 0.356 e. The van der Waals surface area contributed by atoms with Crippen LogP contribution in [0.15, 0.2) is 0 Å². The van der Waals surface area contributed by atoms with Crippen LogP contribution in [-0.4, -0.2) is 37.6 Å². The van der Waals surface area contributed by atoms with E-state index < -0.39 is 0 Å². The van der Waals surface area contributed by atoms with Crippen molar-refractivity contribution in [3.8, 4) is 0 Å². The summed E-state index contributed by atoms with van der Waals surface area (Å²) in [6.45, 7) is 6.97. The van der Waals surface area contributed by atoms with Crippen molar-refractivity contribution in [2.24, 2.45) is 11.3 Å². The molecule has 1 aliphatic heterocycles. The molecule has 1 heterocycles. The summed E-state index contributed by atoms with van der Waals surface area (Å²) in [5.41, 5.74) is -0.168. The molecule has 1 atom stereocenters. The normalized spacial score (nSPS) is 22.9. The van der Waals surface area contributed by atoms with Gasteiger partial charge < -0.3 is 10.6 Å². The summed E-state index contributed by atoms with van der Waals surface area (Å²) in [5.74, 6) is 1.93. The Kier molecular flexibility index (Phi) is 7.84. The molecule has 1 rings (SSSR count). The van der Waals surface area contributed by atoms with Crippen LogP contribution in [0, 0.1) is 11.3 Å². The van der Waals surface area contributed by atoms with E-state index >= 15 is 0 Å². The fourth-order valence-corrected chi connectivity index (χ4v) is 3.26. The third-order valence-corrected chi connectivity index (χ3v) is 5.00. The molecule has 1 fully saturated rings. The average molecular weight is 286 g/mol. The summed E-state index contributed by atoms with van der Waals surface area (Å²) < 4.78 is 0. The van der Waals surface area contributed by atoms with Gasteiger partial charge in [0.05, 0.1) is 5.41 Å². The zero-order valence-electron chi connectivity index (χ0n) is 12.8. The van der Waals surface area contributed by atoms with Crippen molar-refractivity contribution in [2.75, 3.05) is 31.6 Å². The first-order chi connectivity index (χ1) is 9.13. The second-order valence-electron chi connectivity index (χ2n) is 5.90. The van der Waals surface area contributed by atoms with E-state index in [4.69, 9.17) is 0 Å². The van der Waals surface area contributed by atoms with Crippen molar-refractivity contribution in [3.63, 3.8) is 0 Å². The van der Waals surface area contributed by atoms with Crippen molar-refractivity contribution in [3.05, 3.63) is 0 Å². The quantitative estimate of drug-likeness (QED) is 0.640. The van der Waals surface area contributed by atoms with Crippen LogP contribution in [0.3, 0.4) is 0 Å². The van der Waals surface area contributed by atoms with Crippen LogP contribution in [0.5, 0.6) is 0 Å². The zero-order valence-corrected chi connectivity index (χ0v) is 13.6. The van der Waals surface area contributed by atoms with Crippen LogP contribution in [0.4, 0.5) is 0 Å². The summed E-state index contributed by atoms with van der Waals surface area (Å²) >= 11 is 1.91. The summed E-state index contributed by atoms with van der Waals surface area (Å²) in [5, 5.41) is 6.49. The average Bonchev–Trinajstić information content (AvgIpc) is 2.88. The highest BCUT2D eigenvalue weighted by atomic mass is 32.2. The second kappa shape index (κ2) is 8.85. The summed E-state index contributed by atoms with van der Waals surface area (Å²) in [4.78, 5) is 12.4. The number of nitrogens with one attached hydrogen (secondary N) is 2. The van der Waals surface area contributed by atoms with Crippen molar-refractivity contribution < 1.29 is 4.79 Å². The second-order valence-corrected chi connectivity index (χ2v) is 6.89.